The summed E-state index contributed by atoms with van der Waals surface area (Å²) in [5.41, 5.74) is 4.02. The SMILES string of the molecule is O=C(O)c1ccc2c(c1)C(=O)C(=Cc1ccc(N(c3ccccc3)c3ccccc3)cc1)C2=O. The molecule has 0 bridgehead atoms. The molecule has 0 unspecified atom stereocenters. The van der Waals surface area contributed by atoms with Crippen LogP contribution in [0.2, 0.25) is 0 Å². The molecule has 164 valence electrons. The third-order valence-corrected chi connectivity index (χ3v) is 5.74. The van der Waals surface area contributed by atoms with Crippen molar-refractivity contribution in [3.8, 4) is 0 Å². The van der Waals surface area contributed by atoms with Gasteiger partial charge in [0.2, 0.25) is 0 Å². The fourth-order valence-corrected chi connectivity index (χ4v) is 4.08. The lowest BCUT2D eigenvalue weighted by atomic mass is 10.1. The fourth-order valence-electron chi connectivity index (χ4n) is 4.08. The quantitative estimate of drug-likeness (QED) is 0.288. The molecular formula is C29H19NO4. The van der Waals surface area contributed by atoms with Crippen LogP contribution in [0.4, 0.5) is 17.1 Å². The molecule has 5 rings (SSSR count). The fraction of sp³-hybridized carbons (Fsp3) is 0. The molecule has 0 saturated heterocycles. The van der Waals surface area contributed by atoms with Gasteiger partial charge in [-0.3, -0.25) is 9.59 Å². The Morgan fingerprint density at radius 1 is 0.647 bits per heavy atom. The van der Waals surface area contributed by atoms with Gasteiger partial charge in [-0.1, -0.05) is 48.5 Å². The Bertz CT molecular complexity index is 1400. The van der Waals surface area contributed by atoms with E-state index >= 15 is 0 Å². The van der Waals surface area contributed by atoms with Gasteiger partial charge in [0.1, 0.15) is 0 Å². The minimum atomic E-state index is -1.14. The summed E-state index contributed by atoms with van der Waals surface area (Å²) in [7, 11) is 0. The third kappa shape index (κ3) is 3.80. The molecule has 5 heteroatoms. The van der Waals surface area contributed by atoms with Crippen molar-refractivity contribution >= 4 is 40.7 Å². The summed E-state index contributed by atoms with van der Waals surface area (Å²) in [6, 6.07) is 31.6. The van der Waals surface area contributed by atoms with Gasteiger partial charge < -0.3 is 10.0 Å². The highest BCUT2D eigenvalue weighted by Gasteiger charge is 2.33. The number of hydrogen-bond donors (Lipinski definition) is 1. The Labute approximate surface area is 196 Å². The van der Waals surface area contributed by atoms with Crippen molar-refractivity contribution in [1.82, 2.24) is 0 Å². The maximum Gasteiger partial charge on any atom is 0.335 e. The van der Waals surface area contributed by atoms with Crippen LogP contribution in [0.25, 0.3) is 6.08 Å². The van der Waals surface area contributed by atoms with Crippen LogP contribution >= 0.6 is 0 Å². The predicted octanol–water partition coefficient (Wildman–Crippen LogP) is 6.32. The van der Waals surface area contributed by atoms with Crippen LogP contribution < -0.4 is 4.90 Å². The number of benzene rings is 4. The van der Waals surface area contributed by atoms with Crippen molar-refractivity contribution in [1.29, 1.82) is 0 Å². The molecular weight excluding hydrogens is 426 g/mol. The van der Waals surface area contributed by atoms with E-state index in [9.17, 15) is 19.5 Å². The average molecular weight is 445 g/mol. The topological polar surface area (TPSA) is 74.7 Å². The molecule has 5 nitrogen and oxygen atoms in total. The van der Waals surface area contributed by atoms with E-state index in [1.165, 1.54) is 18.2 Å². The first-order valence-corrected chi connectivity index (χ1v) is 10.7. The minimum absolute atomic E-state index is 0.0209. The Hall–Kier alpha value is -4.77. The number of para-hydroxylation sites is 2. The molecule has 34 heavy (non-hydrogen) atoms. The minimum Gasteiger partial charge on any atom is -0.478 e. The number of carbonyl (C=O) groups excluding carboxylic acids is 2. The number of fused-ring (bicyclic) bond motifs is 1. The molecule has 0 spiro atoms. The van der Waals surface area contributed by atoms with E-state index in [0.29, 0.717) is 5.56 Å². The largest absolute Gasteiger partial charge is 0.478 e. The lowest BCUT2D eigenvalue weighted by Gasteiger charge is -2.25. The van der Waals surface area contributed by atoms with Gasteiger partial charge >= 0.3 is 5.97 Å². The molecule has 0 saturated carbocycles. The van der Waals surface area contributed by atoms with Gasteiger partial charge in [-0.25, -0.2) is 4.79 Å². The Morgan fingerprint density at radius 2 is 1.18 bits per heavy atom. The summed E-state index contributed by atoms with van der Waals surface area (Å²) in [5.74, 6) is -1.99. The maximum absolute atomic E-state index is 12.8. The van der Waals surface area contributed by atoms with Gasteiger partial charge in [0.25, 0.3) is 0 Å². The molecule has 4 aromatic carbocycles. The number of hydrogen-bond acceptors (Lipinski definition) is 4. The van der Waals surface area contributed by atoms with Crippen LogP contribution in [-0.4, -0.2) is 22.6 Å². The van der Waals surface area contributed by atoms with Crippen molar-refractivity contribution in [3.05, 3.63) is 131 Å². The molecule has 0 aromatic heterocycles. The zero-order chi connectivity index (χ0) is 23.7. The van der Waals surface area contributed by atoms with Gasteiger partial charge in [-0.15, -0.1) is 0 Å². The number of carbonyl (C=O) groups is 3. The molecule has 0 amide bonds. The summed E-state index contributed by atoms with van der Waals surface area (Å²) in [6.45, 7) is 0. The van der Waals surface area contributed by atoms with E-state index in [4.69, 9.17) is 0 Å². The highest BCUT2D eigenvalue weighted by atomic mass is 16.4. The van der Waals surface area contributed by atoms with Crippen LogP contribution in [-0.2, 0) is 0 Å². The van der Waals surface area contributed by atoms with Crippen LogP contribution in [0.1, 0.15) is 36.6 Å². The Morgan fingerprint density at radius 3 is 1.74 bits per heavy atom. The van der Waals surface area contributed by atoms with Crippen molar-refractivity contribution in [2.45, 2.75) is 0 Å². The normalized spacial score (nSPS) is 13.7. The maximum atomic E-state index is 12.8. The van der Waals surface area contributed by atoms with E-state index in [1.807, 2.05) is 84.9 Å². The van der Waals surface area contributed by atoms with E-state index in [1.54, 1.807) is 6.08 Å². The van der Waals surface area contributed by atoms with Crippen LogP contribution in [0, 0.1) is 0 Å². The van der Waals surface area contributed by atoms with Crippen molar-refractivity contribution in [2.24, 2.45) is 0 Å². The monoisotopic (exact) mass is 445 g/mol. The molecule has 1 aliphatic carbocycles. The Balaban J connectivity index is 1.49. The lowest BCUT2D eigenvalue weighted by molar-refractivity contribution is 0.0696. The first-order chi connectivity index (χ1) is 16.5. The van der Waals surface area contributed by atoms with Crippen molar-refractivity contribution in [2.75, 3.05) is 4.90 Å². The highest BCUT2D eigenvalue weighted by Crippen LogP contribution is 2.35. The van der Waals surface area contributed by atoms with Gasteiger partial charge in [0.05, 0.1) is 11.1 Å². The third-order valence-electron chi connectivity index (χ3n) is 5.74. The first-order valence-electron chi connectivity index (χ1n) is 10.7. The van der Waals surface area contributed by atoms with E-state index < -0.39 is 17.5 Å². The number of anilines is 3. The van der Waals surface area contributed by atoms with Crippen LogP contribution in [0.15, 0.2) is 109 Å². The van der Waals surface area contributed by atoms with E-state index in [2.05, 4.69) is 4.90 Å². The zero-order valence-electron chi connectivity index (χ0n) is 18.0. The lowest BCUT2D eigenvalue weighted by Crippen LogP contribution is -2.09. The number of carboxylic acid groups (broad SMARTS) is 1. The number of Topliss-reactive ketones (excluding diaryl/α,β-unsaturated/α-hetero) is 2. The molecule has 1 aliphatic rings. The second kappa shape index (κ2) is 8.64. The summed E-state index contributed by atoms with van der Waals surface area (Å²) < 4.78 is 0. The number of carboxylic acids is 1. The van der Waals surface area contributed by atoms with Crippen LogP contribution in [0.5, 0.6) is 0 Å². The second-order valence-corrected chi connectivity index (χ2v) is 7.88. The number of nitrogens with zero attached hydrogens (tertiary/aromatic N) is 1. The van der Waals surface area contributed by atoms with Gasteiger partial charge in [0, 0.05) is 28.2 Å². The summed E-state index contributed by atoms with van der Waals surface area (Å²) in [6.07, 6.45) is 1.56. The highest BCUT2D eigenvalue weighted by molar-refractivity contribution is 6.41. The molecule has 1 N–H and O–H groups in total. The number of aromatic carboxylic acids is 1. The number of rotatable bonds is 5. The van der Waals surface area contributed by atoms with Gasteiger partial charge in [-0.2, -0.15) is 0 Å². The molecule has 0 aliphatic heterocycles. The second-order valence-electron chi connectivity index (χ2n) is 7.88. The van der Waals surface area contributed by atoms with E-state index in [0.717, 1.165) is 17.1 Å². The standard InChI is InChI=1S/C29H19NO4/c31-27-24-16-13-20(29(33)34)18-25(24)28(32)26(27)17-19-11-14-23(15-12-19)30(21-7-3-1-4-8-21)22-9-5-2-6-10-22/h1-18H,(H,33,34). The number of allylic oxidation sites excluding steroid dienone is 1. The summed E-state index contributed by atoms with van der Waals surface area (Å²) in [4.78, 5) is 39.0. The van der Waals surface area contributed by atoms with Crippen LogP contribution in [0.3, 0.4) is 0 Å². The molecule has 0 fully saturated rings. The van der Waals surface area contributed by atoms with Crippen molar-refractivity contribution < 1.29 is 19.5 Å². The summed E-state index contributed by atoms with van der Waals surface area (Å²) in [5, 5.41) is 9.19. The smallest absolute Gasteiger partial charge is 0.335 e. The molecule has 0 atom stereocenters. The average Bonchev–Trinajstić information content (AvgIpc) is 3.11. The van der Waals surface area contributed by atoms with Gasteiger partial charge in [0.15, 0.2) is 11.6 Å². The molecule has 4 aromatic rings. The number of ketones is 2. The Kier molecular flexibility index (Phi) is 5.36. The van der Waals surface area contributed by atoms with Gasteiger partial charge in [-0.05, 0) is 66.2 Å². The van der Waals surface area contributed by atoms with Crippen molar-refractivity contribution in [3.63, 3.8) is 0 Å². The predicted molar refractivity (Wildman–Crippen MR) is 131 cm³/mol. The zero-order valence-corrected chi connectivity index (χ0v) is 18.0. The first kappa shape index (κ1) is 21.1. The molecule has 0 heterocycles. The summed E-state index contributed by atoms with van der Waals surface area (Å²) >= 11 is 0. The molecule has 0 radical (unpaired) electrons. The van der Waals surface area contributed by atoms with E-state index in [-0.39, 0.29) is 22.3 Å².